The van der Waals surface area contributed by atoms with Gasteiger partial charge in [0.05, 0.1) is 18.8 Å². The molecule has 0 fully saturated rings. The van der Waals surface area contributed by atoms with Crippen LogP contribution in [0, 0.1) is 0 Å². The van der Waals surface area contributed by atoms with E-state index < -0.39 is 18.5 Å². The predicted octanol–water partition coefficient (Wildman–Crippen LogP) is 2.64. The summed E-state index contributed by atoms with van der Waals surface area (Å²) in [5.74, 6) is -0.419. The van der Waals surface area contributed by atoms with Crippen molar-refractivity contribution in [3.05, 3.63) is 59.7 Å². The summed E-state index contributed by atoms with van der Waals surface area (Å²) in [6, 6.07) is 13.3. The van der Waals surface area contributed by atoms with Crippen LogP contribution in [-0.2, 0) is 9.53 Å². The number of esters is 1. The molecule has 0 bridgehead atoms. The fourth-order valence-electron chi connectivity index (χ4n) is 2.37. The molecule has 2 aromatic rings. The summed E-state index contributed by atoms with van der Waals surface area (Å²) in [6.45, 7) is 3.87. The zero-order valence-electron chi connectivity index (χ0n) is 15.9. The van der Waals surface area contributed by atoms with E-state index in [9.17, 15) is 14.4 Å². The number of carbonyl (C=O) groups is 3. The van der Waals surface area contributed by atoms with E-state index in [0.717, 1.165) is 0 Å². The number of amides is 1. The lowest BCUT2D eigenvalue weighted by molar-refractivity contribution is -0.141. The van der Waals surface area contributed by atoms with Crippen LogP contribution in [0.3, 0.4) is 0 Å². The molecule has 0 saturated carbocycles. The molecule has 148 valence electrons. The highest BCUT2D eigenvalue weighted by Gasteiger charge is 2.15. The first kappa shape index (κ1) is 21.0. The van der Waals surface area contributed by atoms with E-state index in [1.807, 2.05) is 13.8 Å². The van der Waals surface area contributed by atoms with Crippen LogP contribution in [0.15, 0.2) is 48.5 Å². The Morgan fingerprint density at radius 3 is 2.25 bits per heavy atom. The van der Waals surface area contributed by atoms with Gasteiger partial charge >= 0.3 is 5.97 Å². The zero-order chi connectivity index (χ0) is 20.4. The molecule has 0 aliphatic rings. The molecule has 0 atom stereocenters. The summed E-state index contributed by atoms with van der Waals surface area (Å²) in [7, 11) is 0. The third-order valence-corrected chi connectivity index (χ3v) is 3.68. The van der Waals surface area contributed by atoms with Crippen molar-refractivity contribution in [1.29, 1.82) is 0 Å². The Morgan fingerprint density at radius 2 is 1.57 bits per heavy atom. The molecule has 0 saturated heterocycles. The molecule has 0 aliphatic carbocycles. The minimum Gasteiger partial charge on any atom is -0.494 e. The van der Waals surface area contributed by atoms with Gasteiger partial charge < -0.3 is 19.5 Å². The van der Waals surface area contributed by atoms with Crippen molar-refractivity contribution >= 4 is 17.7 Å². The summed E-state index contributed by atoms with van der Waals surface area (Å²) in [4.78, 5) is 36.1. The highest BCUT2D eigenvalue weighted by atomic mass is 16.5. The second kappa shape index (κ2) is 10.7. The number of ether oxygens (including phenoxy) is 3. The van der Waals surface area contributed by atoms with Gasteiger partial charge in [-0.2, -0.15) is 0 Å². The number of ketones is 1. The predicted molar refractivity (Wildman–Crippen MR) is 103 cm³/mol. The van der Waals surface area contributed by atoms with E-state index in [1.54, 1.807) is 48.5 Å². The molecule has 28 heavy (non-hydrogen) atoms. The van der Waals surface area contributed by atoms with Gasteiger partial charge in [0.25, 0.3) is 5.91 Å². The van der Waals surface area contributed by atoms with Gasteiger partial charge in [0.2, 0.25) is 0 Å². The molecular weight excluding hydrogens is 362 g/mol. The highest BCUT2D eigenvalue weighted by molar-refractivity contribution is 5.99. The Morgan fingerprint density at radius 1 is 0.893 bits per heavy atom. The van der Waals surface area contributed by atoms with E-state index in [4.69, 9.17) is 14.2 Å². The summed E-state index contributed by atoms with van der Waals surface area (Å²) in [5.41, 5.74) is 0.730. The molecular formula is C21H23NO6. The first-order valence-corrected chi connectivity index (χ1v) is 8.96. The van der Waals surface area contributed by atoms with Gasteiger partial charge in [-0.1, -0.05) is 12.1 Å². The maximum atomic E-state index is 12.2. The minimum atomic E-state index is -0.707. The van der Waals surface area contributed by atoms with Gasteiger partial charge in [0.15, 0.2) is 12.4 Å². The lowest BCUT2D eigenvalue weighted by Gasteiger charge is -2.10. The van der Waals surface area contributed by atoms with Crippen molar-refractivity contribution in [1.82, 2.24) is 5.32 Å². The molecule has 7 heteroatoms. The molecule has 0 unspecified atom stereocenters. The maximum Gasteiger partial charge on any atom is 0.325 e. The topological polar surface area (TPSA) is 90.9 Å². The minimum absolute atomic E-state index is 0.322. The van der Waals surface area contributed by atoms with Crippen molar-refractivity contribution in [3.63, 3.8) is 0 Å². The van der Waals surface area contributed by atoms with Crippen LogP contribution in [0.5, 0.6) is 11.5 Å². The molecule has 0 radical (unpaired) electrons. The Balaban J connectivity index is 1.81. The molecule has 2 aromatic carbocycles. The second-order valence-corrected chi connectivity index (χ2v) is 5.65. The van der Waals surface area contributed by atoms with Gasteiger partial charge in [-0.05, 0) is 50.2 Å². The highest BCUT2D eigenvalue weighted by Crippen LogP contribution is 2.17. The standard InChI is InChI=1S/C21H23NO6/c1-3-26-16-11-9-15(10-12-16)18(23)14-28-20(24)13-22-21(25)17-7-5-6-8-19(17)27-4-2/h5-12H,3-4,13-14H2,1-2H3,(H,22,25). The van der Waals surface area contributed by atoms with Crippen molar-refractivity contribution in [3.8, 4) is 11.5 Å². The van der Waals surface area contributed by atoms with Crippen LogP contribution in [0.2, 0.25) is 0 Å². The third kappa shape index (κ3) is 6.12. The first-order valence-electron chi connectivity index (χ1n) is 8.96. The summed E-state index contributed by atoms with van der Waals surface area (Å²) in [6.07, 6.45) is 0. The van der Waals surface area contributed by atoms with E-state index in [-0.39, 0.29) is 12.3 Å². The summed E-state index contributed by atoms with van der Waals surface area (Å²) in [5, 5.41) is 2.46. The molecule has 1 amide bonds. The van der Waals surface area contributed by atoms with Crippen LogP contribution in [0.4, 0.5) is 0 Å². The van der Waals surface area contributed by atoms with Crippen LogP contribution < -0.4 is 14.8 Å². The summed E-state index contributed by atoms with van der Waals surface area (Å²) < 4.78 is 15.6. The molecule has 2 rings (SSSR count). The SMILES string of the molecule is CCOc1ccc(C(=O)COC(=O)CNC(=O)c2ccccc2OCC)cc1. The fourth-order valence-corrected chi connectivity index (χ4v) is 2.37. The van der Waals surface area contributed by atoms with Crippen LogP contribution >= 0.6 is 0 Å². The van der Waals surface area contributed by atoms with Gasteiger partial charge in [-0.25, -0.2) is 0 Å². The average molecular weight is 385 g/mol. The van der Waals surface area contributed by atoms with E-state index in [0.29, 0.717) is 35.8 Å². The number of para-hydroxylation sites is 1. The zero-order valence-corrected chi connectivity index (χ0v) is 15.9. The van der Waals surface area contributed by atoms with Crippen molar-refractivity contribution in [2.24, 2.45) is 0 Å². The smallest absolute Gasteiger partial charge is 0.325 e. The Hall–Kier alpha value is -3.35. The Kier molecular flexibility index (Phi) is 8.02. The number of carbonyl (C=O) groups excluding carboxylic acids is 3. The monoisotopic (exact) mass is 385 g/mol. The lowest BCUT2D eigenvalue weighted by atomic mass is 10.1. The van der Waals surface area contributed by atoms with Gasteiger partial charge in [0.1, 0.15) is 18.0 Å². The maximum absolute atomic E-state index is 12.2. The normalized spacial score (nSPS) is 10.1. The number of Topliss-reactive ketones (excluding diaryl/α,β-unsaturated/α-hetero) is 1. The number of rotatable bonds is 10. The number of benzene rings is 2. The van der Waals surface area contributed by atoms with E-state index in [2.05, 4.69) is 5.32 Å². The Bertz CT molecular complexity index is 816. The van der Waals surface area contributed by atoms with Gasteiger partial charge in [-0.15, -0.1) is 0 Å². The molecule has 0 aromatic heterocycles. The van der Waals surface area contributed by atoms with Crippen molar-refractivity contribution in [2.75, 3.05) is 26.4 Å². The molecule has 7 nitrogen and oxygen atoms in total. The lowest BCUT2D eigenvalue weighted by Crippen LogP contribution is -2.31. The number of nitrogens with one attached hydrogen (secondary N) is 1. The molecule has 0 aliphatic heterocycles. The number of hydrogen-bond donors (Lipinski definition) is 1. The van der Waals surface area contributed by atoms with Crippen LogP contribution in [-0.4, -0.2) is 44.0 Å². The molecule has 1 N–H and O–H groups in total. The average Bonchev–Trinajstić information content (AvgIpc) is 2.71. The van der Waals surface area contributed by atoms with Crippen molar-refractivity contribution in [2.45, 2.75) is 13.8 Å². The van der Waals surface area contributed by atoms with E-state index >= 15 is 0 Å². The second-order valence-electron chi connectivity index (χ2n) is 5.65. The molecule has 0 spiro atoms. The summed E-state index contributed by atoms with van der Waals surface area (Å²) >= 11 is 0. The number of hydrogen-bond acceptors (Lipinski definition) is 6. The first-order chi connectivity index (χ1) is 13.5. The van der Waals surface area contributed by atoms with Gasteiger partial charge in [0, 0.05) is 5.56 Å². The van der Waals surface area contributed by atoms with Crippen LogP contribution in [0.25, 0.3) is 0 Å². The van der Waals surface area contributed by atoms with Crippen molar-refractivity contribution < 1.29 is 28.6 Å². The largest absolute Gasteiger partial charge is 0.494 e. The Labute approximate surface area is 163 Å². The quantitative estimate of drug-likeness (QED) is 0.499. The third-order valence-electron chi connectivity index (χ3n) is 3.68. The van der Waals surface area contributed by atoms with Crippen LogP contribution in [0.1, 0.15) is 34.6 Å². The van der Waals surface area contributed by atoms with E-state index in [1.165, 1.54) is 0 Å². The molecule has 0 heterocycles. The fraction of sp³-hybridized carbons (Fsp3) is 0.286. The van der Waals surface area contributed by atoms with Gasteiger partial charge in [-0.3, -0.25) is 14.4 Å².